The summed E-state index contributed by atoms with van der Waals surface area (Å²) in [5.41, 5.74) is 2.47. The highest BCUT2D eigenvalue weighted by Gasteiger charge is 2.31. The van der Waals surface area contributed by atoms with E-state index >= 15 is 0 Å². The maximum atomic E-state index is 12.9. The van der Waals surface area contributed by atoms with Gasteiger partial charge in [0.15, 0.2) is 0 Å². The van der Waals surface area contributed by atoms with Gasteiger partial charge >= 0.3 is 6.09 Å². The first-order valence-corrected chi connectivity index (χ1v) is 9.02. The molecule has 0 bridgehead atoms. The van der Waals surface area contributed by atoms with E-state index in [9.17, 15) is 9.59 Å². The van der Waals surface area contributed by atoms with Crippen LogP contribution < -0.4 is 5.32 Å². The number of fused-ring (bicyclic) bond motifs is 1. The minimum absolute atomic E-state index is 0.272. The average molecular weight is 381 g/mol. The van der Waals surface area contributed by atoms with Crippen LogP contribution in [0.1, 0.15) is 48.1 Å². The van der Waals surface area contributed by atoms with Gasteiger partial charge in [-0.1, -0.05) is 0 Å². The van der Waals surface area contributed by atoms with Gasteiger partial charge in [-0.3, -0.25) is 9.48 Å². The number of nitrogens with zero attached hydrogens (tertiary/aromatic N) is 4. The molecule has 1 aliphatic rings. The van der Waals surface area contributed by atoms with E-state index < -0.39 is 11.7 Å². The number of nitrogens with one attached hydrogen (secondary N) is 1. The van der Waals surface area contributed by atoms with Crippen molar-refractivity contribution in [3.63, 3.8) is 0 Å². The number of hydrogen-bond donors (Lipinski definition) is 1. The molecule has 0 radical (unpaired) electrons. The Bertz CT molecular complexity index is 948. The van der Waals surface area contributed by atoms with Crippen LogP contribution in [0.4, 0.5) is 10.5 Å². The van der Waals surface area contributed by atoms with E-state index in [2.05, 4.69) is 10.4 Å². The molecule has 3 rings (SSSR count). The highest BCUT2D eigenvalue weighted by molar-refractivity contribution is 6.04. The molecule has 0 saturated carbocycles. The lowest BCUT2D eigenvalue weighted by Gasteiger charge is -2.29. The topological polar surface area (TPSA) is 100 Å². The third-order valence-electron chi connectivity index (χ3n) is 4.33. The number of hydrogen-bond acceptors (Lipinski definition) is 5. The molecule has 28 heavy (non-hydrogen) atoms. The van der Waals surface area contributed by atoms with Crippen LogP contribution in [0.2, 0.25) is 0 Å². The predicted molar refractivity (Wildman–Crippen MR) is 103 cm³/mol. The molecule has 0 atom stereocenters. The van der Waals surface area contributed by atoms with E-state index in [4.69, 9.17) is 10.00 Å². The molecule has 1 aromatic heterocycles. The van der Waals surface area contributed by atoms with Gasteiger partial charge in [0.1, 0.15) is 11.3 Å². The van der Waals surface area contributed by atoms with Crippen LogP contribution >= 0.6 is 0 Å². The fraction of sp³-hybridized carbons (Fsp3) is 0.400. The number of nitriles is 1. The molecule has 8 nitrogen and oxygen atoms in total. The first-order chi connectivity index (χ1) is 13.2. The van der Waals surface area contributed by atoms with E-state index in [1.807, 2.05) is 26.8 Å². The monoisotopic (exact) mass is 381 g/mol. The normalized spacial score (nSPS) is 13.5. The van der Waals surface area contributed by atoms with Gasteiger partial charge in [-0.05, 0) is 45.0 Å². The summed E-state index contributed by atoms with van der Waals surface area (Å²) in [6.07, 6.45) is 0.160. The number of amides is 2. The quantitative estimate of drug-likeness (QED) is 0.862. The molecule has 2 heterocycles. The van der Waals surface area contributed by atoms with E-state index in [1.165, 1.54) is 0 Å². The third-order valence-corrected chi connectivity index (χ3v) is 4.33. The van der Waals surface area contributed by atoms with Crippen molar-refractivity contribution in [2.24, 2.45) is 7.05 Å². The molecule has 1 aliphatic heterocycles. The van der Waals surface area contributed by atoms with Crippen molar-refractivity contribution in [3.8, 4) is 6.07 Å². The molecule has 8 heteroatoms. The van der Waals surface area contributed by atoms with Gasteiger partial charge < -0.3 is 15.0 Å². The molecule has 2 aromatic rings. The second kappa shape index (κ2) is 7.35. The van der Waals surface area contributed by atoms with Gasteiger partial charge in [-0.15, -0.1) is 0 Å². The van der Waals surface area contributed by atoms with Crippen LogP contribution in [0.25, 0.3) is 0 Å². The van der Waals surface area contributed by atoms with Crippen LogP contribution in [0.15, 0.2) is 24.3 Å². The van der Waals surface area contributed by atoms with E-state index in [0.29, 0.717) is 29.9 Å². The summed E-state index contributed by atoms with van der Waals surface area (Å²) in [5, 5.41) is 16.1. The maximum absolute atomic E-state index is 12.9. The van der Waals surface area contributed by atoms with Crippen molar-refractivity contribution in [1.29, 1.82) is 5.26 Å². The zero-order valence-electron chi connectivity index (χ0n) is 16.4. The summed E-state index contributed by atoms with van der Waals surface area (Å²) < 4.78 is 6.99. The minimum atomic E-state index is -0.581. The van der Waals surface area contributed by atoms with Crippen molar-refractivity contribution in [2.75, 3.05) is 11.9 Å². The molecule has 0 spiro atoms. The molecule has 2 amide bonds. The van der Waals surface area contributed by atoms with E-state index in [1.54, 1.807) is 40.9 Å². The van der Waals surface area contributed by atoms with Crippen molar-refractivity contribution in [2.45, 2.75) is 39.3 Å². The van der Waals surface area contributed by atoms with Crippen LogP contribution in [-0.4, -0.2) is 38.8 Å². The molecule has 0 fully saturated rings. The third kappa shape index (κ3) is 4.14. The standard InChI is InChI=1S/C20H23N5O3/c1-20(2,3)28-19(27)25-10-9-16-15(12-25)17(24(4)23-16)18(26)22-14-7-5-13(11-21)6-8-14/h5-8H,9-10,12H2,1-4H3,(H,22,26). The number of carbonyl (C=O) groups excluding carboxylic acids is 2. The first-order valence-electron chi connectivity index (χ1n) is 9.02. The Kier molecular flexibility index (Phi) is 5.10. The van der Waals surface area contributed by atoms with Crippen molar-refractivity contribution in [3.05, 3.63) is 46.8 Å². The Morgan fingerprint density at radius 1 is 1.25 bits per heavy atom. The lowest BCUT2D eigenvalue weighted by molar-refractivity contribution is 0.0222. The lowest BCUT2D eigenvalue weighted by atomic mass is 10.1. The Labute approximate surface area is 163 Å². The molecule has 1 aromatic carbocycles. The Morgan fingerprint density at radius 2 is 1.93 bits per heavy atom. The number of carbonyl (C=O) groups is 2. The number of rotatable bonds is 2. The van der Waals surface area contributed by atoms with Crippen LogP contribution in [0.3, 0.4) is 0 Å². The summed E-state index contributed by atoms with van der Waals surface area (Å²) in [6, 6.07) is 8.66. The summed E-state index contributed by atoms with van der Waals surface area (Å²) in [7, 11) is 1.71. The van der Waals surface area contributed by atoms with Crippen LogP contribution in [0.5, 0.6) is 0 Å². The second-order valence-electron chi connectivity index (χ2n) is 7.69. The molecule has 0 aliphatic carbocycles. The van der Waals surface area contributed by atoms with E-state index in [0.717, 1.165) is 11.3 Å². The zero-order valence-corrected chi connectivity index (χ0v) is 16.4. The SMILES string of the molecule is Cn1nc2c(c1C(=O)Nc1ccc(C#N)cc1)CN(C(=O)OC(C)(C)C)CC2. The van der Waals surface area contributed by atoms with Gasteiger partial charge in [0.2, 0.25) is 0 Å². The molecule has 146 valence electrons. The Balaban J connectivity index is 1.80. The number of aromatic nitrogens is 2. The highest BCUT2D eigenvalue weighted by Crippen LogP contribution is 2.24. The average Bonchev–Trinajstić information content (AvgIpc) is 2.95. The smallest absolute Gasteiger partial charge is 0.410 e. The van der Waals surface area contributed by atoms with Gasteiger partial charge in [-0.2, -0.15) is 10.4 Å². The fourth-order valence-corrected chi connectivity index (χ4v) is 3.09. The minimum Gasteiger partial charge on any atom is -0.444 e. The Morgan fingerprint density at radius 3 is 2.54 bits per heavy atom. The molecule has 1 N–H and O–H groups in total. The molecular formula is C20H23N5O3. The van der Waals surface area contributed by atoms with Gasteiger partial charge in [-0.25, -0.2) is 4.79 Å². The largest absolute Gasteiger partial charge is 0.444 e. The number of anilines is 1. The van der Waals surface area contributed by atoms with Gasteiger partial charge in [0, 0.05) is 31.3 Å². The highest BCUT2D eigenvalue weighted by atomic mass is 16.6. The predicted octanol–water partition coefficient (Wildman–Crippen LogP) is 2.84. The summed E-state index contributed by atoms with van der Waals surface area (Å²) in [5.74, 6) is -0.313. The number of benzene rings is 1. The molecule has 0 unspecified atom stereocenters. The van der Waals surface area contributed by atoms with Crippen molar-refractivity contribution in [1.82, 2.24) is 14.7 Å². The molecular weight excluding hydrogens is 358 g/mol. The summed E-state index contributed by atoms with van der Waals surface area (Å²) >= 11 is 0. The van der Waals surface area contributed by atoms with Gasteiger partial charge in [0.25, 0.3) is 5.91 Å². The van der Waals surface area contributed by atoms with E-state index in [-0.39, 0.29) is 12.5 Å². The zero-order chi connectivity index (χ0) is 20.5. The Hall–Kier alpha value is -3.34. The second-order valence-corrected chi connectivity index (χ2v) is 7.69. The van der Waals surface area contributed by atoms with Crippen molar-refractivity contribution < 1.29 is 14.3 Å². The number of ether oxygens (including phenoxy) is 1. The fourth-order valence-electron chi connectivity index (χ4n) is 3.09. The first kappa shape index (κ1) is 19.4. The summed E-state index contributed by atoms with van der Waals surface area (Å²) in [6.45, 7) is 6.23. The lowest BCUT2D eigenvalue weighted by Crippen LogP contribution is -2.40. The van der Waals surface area contributed by atoms with Crippen molar-refractivity contribution >= 4 is 17.7 Å². The molecule has 0 saturated heterocycles. The van der Waals surface area contributed by atoms with Crippen LogP contribution in [-0.2, 0) is 24.8 Å². The maximum Gasteiger partial charge on any atom is 0.410 e. The van der Waals surface area contributed by atoms with Gasteiger partial charge in [0.05, 0.1) is 23.9 Å². The summed E-state index contributed by atoms with van der Waals surface area (Å²) in [4.78, 5) is 26.9. The number of aryl methyl sites for hydroxylation is 1. The van der Waals surface area contributed by atoms with Crippen LogP contribution in [0, 0.1) is 11.3 Å².